The zero-order valence-electron chi connectivity index (χ0n) is 23.8. The van der Waals surface area contributed by atoms with Gasteiger partial charge in [0.1, 0.15) is 17.7 Å². The van der Waals surface area contributed by atoms with Crippen LogP contribution in [0.5, 0.6) is 0 Å². The maximum Gasteiger partial charge on any atom is 0.408 e. The molecule has 3 amide bonds. The third kappa shape index (κ3) is 9.36. The topological polar surface area (TPSA) is 87.7 Å². The van der Waals surface area contributed by atoms with Crippen molar-refractivity contribution in [3.63, 3.8) is 0 Å². The van der Waals surface area contributed by atoms with E-state index < -0.39 is 23.8 Å². The van der Waals surface area contributed by atoms with Crippen molar-refractivity contribution in [3.05, 3.63) is 83.4 Å². The van der Waals surface area contributed by atoms with E-state index in [9.17, 15) is 14.4 Å². The van der Waals surface area contributed by atoms with Gasteiger partial charge in [0, 0.05) is 13.1 Å². The molecule has 0 aliphatic carbocycles. The third-order valence-electron chi connectivity index (χ3n) is 6.02. The van der Waals surface area contributed by atoms with Gasteiger partial charge in [-0.2, -0.15) is 0 Å². The molecule has 2 N–H and O–H groups in total. The fourth-order valence-corrected chi connectivity index (χ4v) is 4.09. The Balaban J connectivity index is 2.47. The molecular weight excluding hydrogens is 478 g/mol. The predicted octanol–water partition coefficient (Wildman–Crippen LogP) is 5.61. The molecule has 2 rings (SSSR count). The van der Waals surface area contributed by atoms with Crippen LogP contribution < -0.4 is 10.6 Å². The molecule has 0 aliphatic heterocycles. The number of hydrogen-bond acceptors (Lipinski definition) is 4. The molecule has 0 aliphatic rings. The molecule has 206 valence electrons. The Hall–Kier alpha value is -3.61. The molecule has 2 unspecified atom stereocenters. The van der Waals surface area contributed by atoms with Gasteiger partial charge in [0.2, 0.25) is 11.8 Å². The Labute approximate surface area is 227 Å². The van der Waals surface area contributed by atoms with Crippen LogP contribution in [0.15, 0.2) is 61.2 Å². The quantitative estimate of drug-likeness (QED) is 0.376. The Morgan fingerprint density at radius 2 is 1.68 bits per heavy atom. The van der Waals surface area contributed by atoms with E-state index in [1.807, 2.05) is 76.2 Å². The summed E-state index contributed by atoms with van der Waals surface area (Å²) in [7, 11) is 0. The number of benzene rings is 2. The van der Waals surface area contributed by atoms with E-state index in [4.69, 9.17) is 4.74 Å². The fourth-order valence-electron chi connectivity index (χ4n) is 4.09. The number of rotatable bonds is 11. The van der Waals surface area contributed by atoms with Crippen LogP contribution in [0.3, 0.4) is 0 Å². The van der Waals surface area contributed by atoms with Gasteiger partial charge in [0.05, 0.1) is 0 Å². The first-order chi connectivity index (χ1) is 17.8. The summed E-state index contributed by atoms with van der Waals surface area (Å²) in [5.41, 5.74) is 3.03. The van der Waals surface area contributed by atoms with E-state index in [1.54, 1.807) is 26.8 Å². The maximum absolute atomic E-state index is 14.0. The summed E-state index contributed by atoms with van der Waals surface area (Å²) in [6.07, 6.45) is 1.30. The highest BCUT2D eigenvalue weighted by Gasteiger charge is 2.36. The molecule has 0 saturated carbocycles. The summed E-state index contributed by atoms with van der Waals surface area (Å²) >= 11 is 0. The van der Waals surface area contributed by atoms with Gasteiger partial charge in [-0.3, -0.25) is 9.59 Å². The first-order valence-corrected chi connectivity index (χ1v) is 13.1. The summed E-state index contributed by atoms with van der Waals surface area (Å²) < 4.78 is 5.43. The lowest BCUT2D eigenvalue weighted by Crippen LogP contribution is -2.53. The highest BCUT2D eigenvalue weighted by Crippen LogP contribution is 2.26. The van der Waals surface area contributed by atoms with Crippen LogP contribution in [-0.2, 0) is 20.9 Å². The first-order valence-electron chi connectivity index (χ1n) is 13.1. The van der Waals surface area contributed by atoms with E-state index in [0.717, 1.165) is 16.7 Å². The molecule has 0 bridgehead atoms. The molecule has 0 aromatic heterocycles. The number of carbonyl (C=O) groups is 3. The van der Waals surface area contributed by atoms with Gasteiger partial charge in [0.25, 0.3) is 0 Å². The minimum Gasteiger partial charge on any atom is -0.444 e. The average Bonchev–Trinajstić information content (AvgIpc) is 2.83. The van der Waals surface area contributed by atoms with E-state index in [0.29, 0.717) is 18.5 Å². The second-order valence-electron chi connectivity index (χ2n) is 11.1. The molecule has 0 spiro atoms. The normalized spacial score (nSPS) is 12.8. The zero-order chi connectivity index (χ0) is 28.5. The van der Waals surface area contributed by atoms with Crippen molar-refractivity contribution in [2.45, 2.75) is 79.1 Å². The zero-order valence-corrected chi connectivity index (χ0v) is 23.8. The van der Waals surface area contributed by atoms with Crippen LogP contribution >= 0.6 is 0 Å². The van der Waals surface area contributed by atoms with Crippen molar-refractivity contribution in [2.24, 2.45) is 5.92 Å². The van der Waals surface area contributed by atoms with Crippen molar-refractivity contribution >= 4 is 17.9 Å². The van der Waals surface area contributed by atoms with Gasteiger partial charge in [0.15, 0.2) is 0 Å². The summed E-state index contributed by atoms with van der Waals surface area (Å²) in [6.45, 7) is 17.5. The number of alkyl carbamates (subject to hydrolysis) is 1. The van der Waals surface area contributed by atoms with Gasteiger partial charge in [-0.15, -0.1) is 6.58 Å². The standard InChI is InChI=1S/C31H43N3O4/c1-9-17-34(29(36)26(18-21(2)3)33-30(37)38-31(6,7)8)27(25-16-15-22(4)23(5)19-25)28(35)32-20-24-13-11-10-12-14-24/h9-16,19,21,26-27H,1,17-18,20H2,2-8H3,(H,32,35)(H,33,37). The van der Waals surface area contributed by atoms with Gasteiger partial charge < -0.3 is 20.3 Å². The number of aryl methyl sites for hydroxylation is 2. The van der Waals surface area contributed by atoms with Gasteiger partial charge in [-0.25, -0.2) is 4.79 Å². The smallest absolute Gasteiger partial charge is 0.408 e. The van der Waals surface area contributed by atoms with Crippen LogP contribution in [0, 0.1) is 19.8 Å². The predicted molar refractivity (Wildman–Crippen MR) is 151 cm³/mol. The molecule has 7 nitrogen and oxygen atoms in total. The number of amides is 3. The lowest BCUT2D eigenvalue weighted by molar-refractivity contribution is -0.142. The lowest BCUT2D eigenvalue weighted by atomic mass is 9.97. The number of nitrogens with zero attached hydrogens (tertiary/aromatic N) is 1. The van der Waals surface area contributed by atoms with Gasteiger partial charge in [-0.05, 0) is 69.2 Å². The largest absolute Gasteiger partial charge is 0.444 e. The summed E-state index contributed by atoms with van der Waals surface area (Å²) in [6, 6.07) is 13.6. The van der Waals surface area contributed by atoms with Crippen molar-refractivity contribution in [1.82, 2.24) is 15.5 Å². The van der Waals surface area contributed by atoms with Gasteiger partial charge >= 0.3 is 6.09 Å². The fraction of sp³-hybridized carbons (Fsp3) is 0.452. The Kier molecular flexibility index (Phi) is 11.1. The van der Waals surface area contributed by atoms with Crippen LogP contribution in [0.1, 0.15) is 69.3 Å². The van der Waals surface area contributed by atoms with Gasteiger partial charge in [-0.1, -0.05) is 68.5 Å². The van der Waals surface area contributed by atoms with Crippen molar-refractivity contribution in [2.75, 3.05) is 6.54 Å². The van der Waals surface area contributed by atoms with Crippen LogP contribution in [0.4, 0.5) is 4.79 Å². The lowest BCUT2D eigenvalue weighted by Gasteiger charge is -2.34. The molecule has 0 fully saturated rings. The number of nitrogens with one attached hydrogen (secondary N) is 2. The third-order valence-corrected chi connectivity index (χ3v) is 6.02. The second kappa shape index (κ2) is 13.8. The number of hydrogen-bond donors (Lipinski definition) is 2. The molecule has 38 heavy (non-hydrogen) atoms. The minimum absolute atomic E-state index is 0.108. The highest BCUT2D eigenvalue weighted by molar-refractivity contribution is 5.92. The molecule has 2 atom stereocenters. The van der Waals surface area contributed by atoms with E-state index in [1.165, 1.54) is 4.90 Å². The SMILES string of the molecule is C=CCN(C(=O)C(CC(C)C)NC(=O)OC(C)(C)C)C(C(=O)NCc1ccccc1)c1ccc(C)c(C)c1. The summed E-state index contributed by atoms with van der Waals surface area (Å²) in [4.78, 5) is 41.9. The Morgan fingerprint density at radius 3 is 2.24 bits per heavy atom. The Bertz CT molecular complexity index is 1110. The number of ether oxygens (including phenoxy) is 1. The molecule has 0 saturated heterocycles. The average molecular weight is 522 g/mol. The van der Waals surface area contributed by atoms with Crippen molar-refractivity contribution < 1.29 is 19.1 Å². The summed E-state index contributed by atoms with van der Waals surface area (Å²) in [5.74, 6) is -0.577. The molecule has 2 aromatic carbocycles. The van der Waals surface area contributed by atoms with E-state index >= 15 is 0 Å². The molecule has 0 heterocycles. The summed E-state index contributed by atoms with van der Waals surface area (Å²) in [5, 5.41) is 5.75. The molecule has 2 aromatic rings. The molecular formula is C31H43N3O4. The molecule has 0 radical (unpaired) electrons. The molecule has 7 heteroatoms. The first kappa shape index (κ1) is 30.6. The Morgan fingerprint density at radius 1 is 1.03 bits per heavy atom. The monoisotopic (exact) mass is 521 g/mol. The second-order valence-corrected chi connectivity index (χ2v) is 11.1. The van der Waals surface area contributed by atoms with E-state index in [-0.39, 0.29) is 24.3 Å². The van der Waals surface area contributed by atoms with E-state index in [2.05, 4.69) is 17.2 Å². The maximum atomic E-state index is 14.0. The highest BCUT2D eigenvalue weighted by atomic mass is 16.6. The van der Waals surface area contributed by atoms with Crippen molar-refractivity contribution in [1.29, 1.82) is 0 Å². The van der Waals surface area contributed by atoms with Crippen LogP contribution in [0.25, 0.3) is 0 Å². The van der Waals surface area contributed by atoms with Crippen LogP contribution in [-0.4, -0.2) is 41.0 Å². The van der Waals surface area contributed by atoms with Crippen molar-refractivity contribution in [3.8, 4) is 0 Å². The van der Waals surface area contributed by atoms with Crippen LogP contribution in [0.2, 0.25) is 0 Å². The number of carbonyl (C=O) groups excluding carboxylic acids is 3. The minimum atomic E-state index is -0.918.